The summed E-state index contributed by atoms with van der Waals surface area (Å²) in [5.41, 5.74) is 1.02. The molecule has 2 N–H and O–H groups in total. The van der Waals surface area contributed by atoms with Gasteiger partial charge in [-0.15, -0.1) is 24.0 Å². The number of sulfonamides is 1. The topological polar surface area (TPSA) is 73.8 Å². The standard InChI is InChI=1S/C18H30N4O2S.HI/c1-15(2)13-20-18(19-3)21-14-16-7-9-17(10-8-16)25(23,24)22-11-5-4-6-12-22;/h7-10,15H,4-6,11-14H2,1-3H3,(H2,19,20,21);1H. The van der Waals surface area contributed by atoms with Gasteiger partial charge in [0.15, 0.2) is 5.96 Å². The first-order valence-electron chi connectivity index (χ1n) is 8.97. The normalized spacial score (nSPS) is 16.2. The van der Waals surface area contributed by atoms with Crippen LogP contribution in [0.4, 0.5) is 0 Å². The number of hydrogen-bond acceptors (Lipinski definition) is 3. The summed E-state index contributed by atoms with van der Waals surface area (Å²) in [7, 11) is -1.62. The van der Waals surface area contributed by atoms with E-state index < -0.39 is 10.0 Å². The molecule has 0 saturated carbocycles. The first kappa shape index (κ1) is 23.2. The van der Waals surface area contributed by atoms with Crippen molar-refractivity contribution in [2.24, 2.45) is 10.9 Å². The van der Waals surface area contributed by atoms with E-state index in [0.717, 1.165) is 37.3 Å². The zero-order valence-corrected chi connectivity index (χ0v) is 19.0. The van der Waals surface area contributed by atoms with Crippen LogP contribution >= 0.6 is 24.0 Å². The maximum Gasteiger partial charge on any atom is 0.243 e. The van der Waals surface area contributed by atoms with Crippen molar-refractivity contribution in [1.82, 2.24) is 14.9 Å². The van der Waals surface area contributed by atoms with Crippen LogP contribution in [0.3, 0.4) is 0 Å². The molecule has 1 fully saturated rings. The predicted molar refractivity (Wildman–Crippen MR) is 118 cm³/mol. The van der Waals surface area contributed by atoms with Gasteiger partial charge >= 0.3 is 0 Å². The molecular weight excluding hydrogens is 463 g/mol. The van der Waals surface area contributed by atoms with E-state index in [2.05, 4.69) is 29.5 Å². The molecule has 0 radical (unpaired) electrons. The van der Waals surface area contributed by atoms with Crippen LogP contribution in [0.15, 0.2) is 34.2 Å². The fourth-order valence-electron chi connectivity index (χ4n) is 2.74. The minimum Gasteiger partial charge on any atom is -0.356 e. The van der Waals surface area contributed by atoms with Crippen LogP contribution in [-0.4, -0.2) is 45.4 Å². The summed E-state index contributed by atoms with van der Waals surface area (Å²) in [4.78, 5) is 4.56. The van der Waals surface area contributed by atoms with Gasteiger partial charge in [-0.3, -0.25) is 4.99 Å². The highest BCUT2D eigenvalue weighted by Crippen LogP contribution is 2.20. The number of benzene rings is 1. The summed E-state index contributed by atoms with van der Waals surface area (Å²) in [6.07, 6.45) is 3.01. The lowest BCUT2D eigenvalue weighted by molar-refractivity contribution is 0.346. The zero-order chi connectivity index (χ0) is 18.3. The highest BCUT2D eigenvalue weighted by molar-refractivity contribution is 14.0. The maximum atomic E-state index is 12.6. The van der Waals surface area contributed by atoms with Gasteiger partial charge in [-0.2, -0.15) is 4.31 Å². The fraction of sp³-hybridized carbons (Fsp3) is 0.611. The second-order valence-electron chi connectivity index (χ2n) is 6.81. The summed E-state index contributed by atoms with van der Waals surface area (Å²) in [5.74, 6) is 1.29. The van der Waals surface area contributed by atoms with Crippen LogP contribution < -0.4 is 10.6 Å². The highest BCUT2D eigenvalue weighted by Gasteiger charge is 2.25. The minimum absolute atomic E-state index is 0. The Bertz CT molecular complexity index is 669. The Balaban J connectivity index is 0.00000338. The average molecular weight is 494 g/mol. The number of guanidine groups is 1. The number of rotatable bonds is 6. The summed E-state index contributed by atoms with van der Waals surface area (Å²) < 4.78 is 26.9. The quantitative estimate of drug-likeness (QED) is 0.363. The molecule has 0 aliphatic carbocycles. The summed E-state index contributed by atoms with van der Waals surface area (Å²) in [5, 5.41) is 6.50. The van der Waals surface area contributed by atoms with Gasteiger partial charge < -0.3 is 10.6 Å². The third kappa shape index (κ3) is 6.70. The van der Waals surface area contributed by atoms with Gasteiger partial charge in [0.25, 0.3) is 0 Å². The van der Waals surface area contributed by atoms with Crippen LogP contribution in [-0.2, 0) is 16.6 Å². The third-order valence-electron chi connectivity index (χ3n) is 4.24. The zero-order valence-electron chi connectivity index (χ0n) is 15.9. The minimum atomic E-state index is -3.36. The summed E-state index contributed by atoms with van der Waals surface area (Å²) >= 11 is 0. The molecule has 148 valence electrons. The maximum absolute atomic E-state index is 12.6. The molecule has 26 heavy (non-hydrogen) atoms. The van der Waals surface area contributed by atoms with Gasteiger partial charge in [-0.1, -0.05) is 32.4 Å². The molecule has 0 aromatic heterocycles. The van der Waals surface area contributed by atoms with Crippen molar-refractivity contribution in [3.8, 4) is 0 Å². The number of halogens is 1. The fourth-order valence-corrected chi connectivity index (χ4v) is 4.26. The Kier molecular flexibility index (Phi) is 9.88. The van der Waals surface area contributed by atoms with Gasteiger partial charge in [-0.25, -0.2) is 8.42 Å². The molecular formula is C18H31IN4O2S. The summed E-state index contributed by atoms with van der Waals surface area (Å²) in [6.45, 7) is 6.99. The van der Waals surface area contributed by atoms with E-state index in [1.54, 1.807) is 23.5 Å². The molecule has 1 aliphatic rings. The average Bonchev–Trinajstić information content (AvgIpc) is 2.63. The Labute approximate surface area is 174 Å². The predicted octanol–water partition coefficient (Wildman–Crippen LogP) is 2.80. The van der Waals surface area contributed by atoms with Crippen LogP contribution in [0.1, 0.15) is 38.7 Å². The van der Waals surface area contributed by atoms with Crippen LogP contribution in [0.5, 0.6) is 0 Å². The first-order chi connectivity index (χ1) is 11.9. The lowest BCUT2D eigenvalue weighted by atomic mass is 10.2. The highest BCUT2D eigenvalue weighted by atomic mass is 127. The van der Waals surface area contributed by atoms with E-state index in [1.807, 2.05) is 12.1 Å². The van der Waals surface area contributed by atoms with E-state index in [0.29, 0.717) is 30.4 Å². The molecule has 0 bridgehead atoms. The van der Waals surface area contributed by atoms with Crippen LogP contribution in [0.25, 0.3) is 0 Å². The van der Waals surface area contributed by atoms with Crippen molar-refractivity contribution in [1.29, 1.82) is 0 Å². The molecule has 6 nitrogen and oxygen atoms in total. The van der Waals surface area contributed by atoms with Crippen LogP contribution in [0.2, 0.25) is 0 Å². The van der Waals surface area contributed by atoms with E-state index in [-0.39, 0.29) is 24.0 Å². The second kappa shape index (κ2) is 11.1. The molecule has 1 aromatic rings. The second-order valence-corrected chi connectivity index (χ2v) is 8.75. The van der Waals surface area contributed by atoms with Crippen molar-refractivity contribution in [2.45, 2.75) is 44.6 Å². The first-order valence-corrected chi connectivity index (χ1v) is 10.4. The molecule has 0 unspecified atom stereocenters. The van der Waals surface area contributed by atoms with Crippen molar-refractivity contribution < 1.29 is 8.42 Å². The third-order valence-corrected chi connectivity index (χ3v) is 6.15. The van der Waals surface area contributed by atoms with E-state index >= 15 is 0 Å². The number of piperidine rings is 1. The lowest BCUT2D eigenvalue weighted by Crippen LogP contribution is -2.38. The van der Waals surface area contributed by atoms with Gasteiger partial charge in [-0.05, 0) is 36.5 Å². The SMILES string of the molecule is CN=C(NCc1ccc(S(=O)(=O)N2CCCCC2)cc1)NCC(C)C.I. The largest absolute Gasteiger partial charge is 0.356 e. The van der Waals surface area contributed by atoms with Crippen molar-refractivity contribution in [3.63, 3.8) is 0 Å². The van der Waals surface area contributed by atoms with Crippen molar-refractivity contribution in [3.05, 3.63) is 29.8 Å². The Morgan fingerprint density at radius 3 is 2.27 bits per heavy atom. The molecule has 1 saturated heterocycles. The van der Waals surface area contributed by atoms with E-state index in [1.165, 1.54) is 0 Å². The van der Waals surface area contributed by atoms with Gasteiger partial charge in [0.1, 0.15) is 0 Å². The smallest absolute Gasteiger partial charge is 0.243 e. The van der Waals surface area contributed by atoms with Crippen molar-refractivity contribution in [2.75, 3.05) is 26.7 Å². The lowest BCUT2D eigenvalue weighted by Gasteiger charge is -2.25. The van der Waals surface area contributed by atoms with E-state index in [9.17, 15) is 8.42 Å². The van der Waals surface area contributed by atoms with Gasteiger partial charge in [0.2, 0.25) is 10.0 Å². The van der Waals surface area contributed by atoms with Crippen LogP contribution in [0, 0.1) is 5.92 Å². The van der Waals surface area contributed by atoms with Gasteiger partial charge in [0.05, 0.1) is 4.90 Å². The molecule has 0 atom stereocenters. The number of nitrogens with one attached hydrogen (secondary N) is 2. The Morgan fingerprint density at radius 1 is 1.12 bits per heavy atom. The number of aliphatic imine (C=N–C) groups is 1. The Hall–Kier alpha value is -0.870. The molecule has 0 amide bonds. The molecule has 1 aliphatic heterocycles. The molecule has 1 heterocycles. The van der Waals surface area contributed by atoms with E-state index in [4.69, 9.17) is 0 Å². The molecule has 8 heteroatoms. The molecule has 2 rings (SSSR count). The molecule has 0 spiro atoms. The molecule has 1 aromatic carbocycles. The van der Waals surface area contributed by atoms with Gasteiger partial charge in [0, 0.05) is 33.2 Å². The number of hydrogen-bond donors (Lipinski definition) is 2. The summed E-state index contributed by atoms with van der Waals surface area (Å²) in [6, 6.07) is 7.12. The number of nitrogens with zero attached hydrogens (tertiary/aromatic N) is 2. The Morgan fingerprint density at radius 2 is 1.73 bits per heavy atom. The van der Waals surface area contributed by atoms with Crippen molar-refractivity contribution >= 4 is 40.0 Å². The monoisotopic (exact) mass is 494 g/mol.